The first kappa shape index (κ1) is 17.1. The summed E-state index contributed by atoms with van der Waals surface area (Å²) in [5.74, 6) is 1.07. The molecule has 2 aromatic rings. The molecule has 0 amide bonds. The molecule has 0 fully saturated rings. The van der Waals surface area contributed by atoms with Gasteiger partial charge in [-0.15, -0.1) is 6.58 Å². The van der Waals surface area contributed by atoms with E-state index < -0.39 is 0 Å². The van der Waals surface area contributed by atoms with Crippen LogP contribution in [0.5, 0.6) is 11.5 Å². The maximum Gasteiger partial charge on any atom is 0.119 e. The van der Waals surface area contributed by atoms with Crippen LogP contribution in [0.4, 0.5) is 0 Å². The molecular weight excluding hydrogens is 292 g/mol. The van der Waals surface area contributed by atoms with Crippen LogP contribution >= 0.6 is 0 Å². The van der Waals surface area contributed by atoms with Gasteiger partial charge in [-0.2, -0.15) is 0 Å². The molecule has 0 bridgehead atoms. The van der Waals surface area contributed by atoms with Crippen LogP contribution in [0.1, 0.15) is 0 Å². The van der Waals surface area contributed by atoms with Gasteiger partial charge < -0.3 is 19.3 Å². The molecule has 0 aliphatic rings. The topological polar surface area (TPSA) is 47.9 Å². The largest absolute Gasteiger partial charge is 0.508 e. The standard InChI is InChI=1S/C19H22O4/c1-2-11-21-12-13-22-14-15-23-19-9-5-17(6-10-19)16-3-7-18(20)8-4-16/h2-10,20H,1,11-15H2. The molecule has 2 aromatic carbocycles. The highest BCUT2D eigenvalue weighted by Gasteiger charge is 1.99. The fraction of sp³-hybridized carbons (Fsp3) is 0.263. The first-order valence-corrected chi connectivity index (χ1v) is 7.58. The Bertz CT molecular complexity index is 575. The molecule has 0 aliphatic heterocycles. The highest BCUT2D eigenvalue weighted by Crippen LogP contribution is 2.24. The van der Waals surface area contributed by atoms with Crippen LogP contribution in [0.3, 0.4) is 0 Å². The molecule has 0 atom stereocenters. The predicted molar refractivity (Wildman–Crippen MR) is 90.9 cm³/mol. The van der Waals surface area contributed by atoms with Crippen LogP contribution in [-0.4, -0.2) is 38.1 Å². The number of rotatable bonds is 10. The molecule has 2 rings (SSSR count). The van der Waals surface area contributed by atoms with Crippen molar-refractivity contribution in [1.82, 2.24) is 0 Å². The van der Waals surface area contributed by atoms with Crippen molar-refractivity contribution in [2.45, 2.75) is 0 Å². The third kappa shape index (κ3) is 6.14. The average molecular weight is 314 g/mol. The minimum atomic E-state index is 0.267. The van der Waals surface area contributed by atoms with Crippen molar-refractivity contribution in [3.63, 3.8) is 0 Å². The second-order valence-corrected chi connectivity index (χ2v) is 4.90. The van der Waals surface area contributed by atoms with Crippen LogP contribution in [0.2, 0.25) is 0 Å². The molecule has 4 heteroatoms. The lowest BCUT2D eigenvalue weighted by atomic mass is 10.1. The molecule has 0 aromatic heterocycles. The summed E-state index contributed by atoms with van der Waals surface area (Å²) in [6.07, 6.45) is 1.71. The highest BCUT2D eigenvalue weighted by atomic mass is 16.5. The second kappa shape index (κ2) is 9.66. The third-order valence-electron chi connectivity index (χ3n) is 3.16. The molecule has 0 heterocycles. The quantitative estimate of drug-likeness (QED) is 0.537. The molecule has 0 radical (unpaired) electrons. The smallest absolute Gasteiger partial charge is 0.119 e. The number of aromatic hydroxyl groups is 1. The fourth-order valence-electron chi connectivity index (χ4n) is 2.00. The average Bonchev–Trinajstić information content (AvgIpc) is 2.59. The van der Waals surface area contributed by atoms with Crippen LogP contribution in [0.25, 0.3) is 11.1 Å². The van der Waals surface area contributed by atoms with Crippen molar-refractivity contribution in [1.29, 1.82) is 0 Å². The summed E-state index contributed by atoms with van der Waals surface area (Å²) in [6.45, 7) is 6.26. The lowest BCUT2D eigenvalue weighted by Gasteiger charge is -2.08. The van der Waals surface area contributed by atoms with E-state index in [-0.39, 0.29) is 5.75 Å². The summed E-state index contributed by atoms with van der Waals surface area (Å²) in [5, 5.41) is 9.30. The van der Waals surface area contributed by atoms with Crippen molar-refractivity contribution in [3.8, 4) is 22.6 Å². The van der Waals surface area contributed by atoms with Gasteiger partial charge in [0.25, 0.3) is 0 Å². The summed E-state index contributed by atoms with van der Waals surface area (Å²) in [6, 6.07) is 15.0. The number of phenols is 1. The Morgan fingerprint density at radius 3 is 2.00 bits per heavy atom. The highest BCUT2D eigenvalue weighted by molar-refractivity contribution is 5.64. The molecule has 1 N–H and O–H groups in total. The van der Waals surface area contributed by atoms with Crippen LogP contribution in [0.15, 0.2) is 61.2 Å². The van der Waals surface area contributed by atoms with Crippen molar-refractivity contribution in [2.75, 3.05) is 33.0 Å². The summed E-state index contributed by atoms with van der Waals surface area (Å²) in [7, 11) is 0. The normalized spacial score (nSPS) is 10.4. The van der Waals surface area contributed by atoms with Gasteiger partial charge in [0, 0.05) is 0 Å². The van der Waals surface area contributed by atoms with E-state index in [2.05, 4.69) is 6.58 Å². The predicted octanol–water partition coefficient (Wildman–Crippen LogP) is 3.66. The van der Waals surface area contributed by atoms with Gasteiger partial charge in [0.1, 0.15) is 18.1 Å². The number of benzene rings is 2. The first-order valence-electron chi connectivity index (χ1n) is 7.58. The summed E-state index contributed by atoms with van der Waals surface area (Å²) >= 11 is 0. The van der Waals surface area contributed by atoms with Crippen molar-refractivity contribution in [3.05, 3.63) is 61.2 Å². The van der Waals surface area contributed by atoms with Crippen molar-refractivity contribution < 1.29 is 19.3 Å². The van der Waals surface area contributed by atoms with E-state index in [0.717, 1.165) is 16.9 Å². The Balaban J connectivity index is 1.69. The maximum atomic E-state index is 9.30. The number of hydrogen-bond acceptors (Lipinski definition) is 4. The summed E-state index contributed by atoms with van der Waals surface area (Å²) in [4.78, 5) is 0. The molecule has 0 saturated carbocycles. The maximum absolute atomic E-state index is 9.30. The SMILES string of the molecule is C=CCOCCOCCOc1ccc(-c2ccc(O)cc2)cc1. The zero-order valence-electron chi connectivity index (χ0n) is 13.1. The molecule has 0 unspecified atom stereocenters. The molecule has 122 valence electrons. The van der Waals surface area contributed by atoms with E-state index in [1.165, 1.54) is 0 Å². The lowest BCUT2D eigenvalue weighted by Crippen LogP contribution is -2.10. The lowest BCUT2D eigenvalue weighted by molar-refractivity contribution is 0.0449. The van der Waals surface area contributed by atoms with Gasteiger partial charge in [-0.25, -0.2) is 0 Å². The Hall–Kier alpha value is -2.30. The van der Waals surface area contributed by atoms with Gasteiger partial charge in [-0.1, -0.05) is 30.3 Å². The Morgan fingerprint density at radius 2 is 1.35 bits per heavy atom. The zero-order chi connectivity index (χ0) is 16.3. The van der Waals surface area contributed by atoms with Gasteiger partial charge in [-0.3, -0.25) is 0 Å². The Morgan fingerprint density at radius 1 is 0.783 bits per heavy atom. The first-order chi connectivity index (χ1) is 11.3. The third-order valence-corrected chi connectivity index (χ3v) is 3.16. The molecule has 4 nitrogen and oxygen atoms in total. The van der Waals surface area contributed by atoms with Crippen LogP contribution in [-0.2, 0) is 9.47 Å². The van der Waals surface area contributed by atoms with Gasteiger partial charge in [0.2, 0.25) is 0 Å². The molecule has 0 saturated heterocycles. The van der Waals surface area contributed by atoms with E-state index in [1.807, 2.05) is 36.4 Å². The number of phenolic OH excluding ortho intramolecular Hbond substituents is 1. The van der Waals surface area contributed by atoms with Gasteiger partial charge in [-0.05, 0) is 35.4 Å². The zero-order valence-corrected chi connectivity index (χ0v) is 13.1. The van der Waals surface area contributed by atoms with Crippen LogP contribution < -0.4 is 4.74 Å². The van der Waals surface area contributed by atoms with Crippen molar-refractivity contribution >= 4 is 0 Å². The number of hydrogen-bond donors (Lipinski definition) is 1. The Kier molecular flexibility index (Phi) is 7.17. The van der Waals surface area contributed by atoms with E-state index in [0.29, 0.717) is 33.0 Å². The summed E-state index contributed by atoms with van der Waals surface area (Å²) < 4.78 is 16.2. The minimum Gasteiger partial charge on any atom is -0.508 e. The van der Waals surface area contributed by atoms with E-state index >= 15 is 0 Å². The molecule has 23 heavy (non-hydrogen) atoms. The molecule has 0 aliphatic carbocycles. The van der Waals surface area contributed by atoms with Crippen LogP contribution in [0, 0.1) is 0 Å². The number of ether oxygens (including phenoxy) is 3. The minimum absolute atomic E-state index is 0.267. The van der Waals surface area contributed by atoms with Gasteiger partial charge in [0.15, 0.2) is 0 Å². The van der Waals surface area contributed by atoms with E-state index in [9.17, 15) is 5.11 Å². The fourth-order valence-corrected chi connectivity index (χ4v) is 2.00. The second-order valence-electron chi connectivity index (χ2n) is 4.90. The monoisotopic (exact) mass is 314 g/mol. The molecular formula is C19H22O4. The Labute approximate surface area is 136 Å². The molecule has 0 spiro atoms. The van der Waals surface area contributed by atoms with E-state index in [4.69, 9.17) is 14.2 Å². The summed E-state index contributed by atoms with van der Waals surface area (Å²) in [5.41, 5.74) is 2.13. The van der Waals surface area contributed by atoms with Gasteiger partial charge in [0.05, 0.1) is 26.4 Å². The van der Waals surface area contributed by atoms with E-state index in [1.54, 1.807) is 18.2 Å². The van der Waals surface area contributed by atoms with Gasteiger partial charge >= 0.3 is 0 Å². The van der Waals surface area contributed by atoms with Crippen molar-refractivity contribution in [2.24, 2.45) is 0 Å².